The molecule has 0 bridgehead atoms. The third kappa shape index (κ3) is 6.94. The quantitative estimate of drug-likeness (QED) is 0.514. The number of carbonyl (C=O) groups excluding carboxylic acids is 1. The number of hydrogen-bond donors (Lipinski definition) is 0. The van der Waals surface area contributed by atoms with E-state index in [1.807, 2.05) is 18.2 Å². The summed E-state index contributed by atoms with van der Waals surface area (Å²) in [6.07, 6.45) is 0.492. The highest BCUT2D eigenvalue weighted by Gasteiger charge is 2.19. The van der Waals surface area contributed by atoms with Crippen LogP contribution in [0.25, 0.3) is 10.8 Å². The molecule has 1 aliphatic rings. The van der Waals surface area contributed by atoms with Crippen molar-refractivity contribution < 1.29 is 9.53 Å². The number of Topliss-reactive ketones (excluding diaryl/α,β-unsaturated/α-hetero) is 1. The number of rotatable bonds is 7. The summed E-state index contributed by atoms with van der Waals surface area (Å²) in [7, 11) is 1.68. The zero-order valence-electron chi connectivity index (χ0n) is 17.8. The van der Waals surface area contributed by atoms with Crippen LogP contribution in [0.5, 0.6) is 5.75 Å². The van der Waals surface area contributed by atoms with E-state index in [1.165, 1.54) is 5.56 Å². The molecule has 3 aromatic carbocycles. The largest absolute Gasteiger partial charge is 0.497 e. The molecule has 166 valence electrons. The first-order valence-electron chi connectivity index (χ1n) is 10.3. The Morgan fingerprint density at radius 3 is 2.16 bits per heavy atom. The minimum Gasteiger partial charge on any atom is -0.497 e. The highest BCUT2D eigenvalue weighted by atomic mass is 35.5. The molecule has 0 spiro atoms. The van der Waals surface area contributed by atoms with Crippen LogP contribution < -0.4 is 4.74 Å². The van der Waals surface area contributed by atoms with E-state index in [1.54, 1.807) is 7.11 Å². The van der Waals surface area contributed by atoms with E-state index < -0.39 is 0 Å². The molecule has 0 atom stereocenters. The van der Waals surface area contributed by atoms with Crippen molar-refractivity contribution in [3.8, 4) is 5.75 Å². The van der Waals surface area contributed by atoms with Crippen molar-refractivity contribution >= 4 is 41.4 Å². The number of methoxy groups -OCH3 is 1. The van der Waals surface area contributed by atoms with Crippen LogP contribution in [0.3, 0.4) is 0 Å². The summed E-state index contributed by atoms with van der Waals surface area (Å²) in [5.74, 6) is 1.14. The summed E-state index contributed by atoms with van der Waals surface area (Å²) in [5.41, 5.74) is 2.43. The van der Waals surface area contributed by atoms with Crippen molar-refractivity contribution in [2.45, 2.75) is 13.0 Å². The molecule has 1 aliphatic heterocycles. The number of ether oxygens (including phenoxy) is 1. The second kappa shape index (κ2) is 12.1. The molecule has 4 nitrogen and oxygen atoms in total. The average Bonchev–Trinajstić information content (AvgIpc) is 2.75. The molecule has 1 saturated heterocycles. The Balaban J connectivity index is 0.00000171. The van der Waals surface area contributed by atoms with Gasteiger partial charge in [0.1, 0.15) is 5.75 Å². The second-order valence-corrected chi connectivity index (χ2v) is 7.80. The zero-order valence-corrected chi connectivity index (χ0v) is 19.5. The van der Waals surface area contributed by atoms with E-state index in [-0.39, 0.29) is 30.6 Å². The number of halogens is 2. The van der Waals surface area contributed by atoms with Gasteiger partial charge in [0.2, 0.25) is 0 Å². The predicted molar refractivity (Wildman–Crippen MR) is 132 cm³/mol. The molecule has 3 aromatic rings. The van der Waals surface area contributed by atoms with Gasteiger partial charge >= 0.3 is 0 Å². The minimum absolute atomic E-state index is 0. The average molecular weight is 461 g/mol. The lowest BCUT2D eigenvalue weighted by atomic mass is 10.0. The van der Waals surface area contributed by atoms with Gasteiger partial charge in [0.15, 0.2) is 5.78 Å². The van der Waals surface area contributed by atoms with E-state index in [0.29, 0.717) is 13.0 Å². The fraction of sp³-hybridized carbons (Fsp3) is 0.320. The standard InChI is InChI=1S/C25H28N2O2.2ClH/c1-29-25-10-9-22-15-21(7-8-23(22)17-25)16-24(28)19-27-13-11-26(12-14-27)18-20-5-3-2-4-6-20;;/h2-10,15,17H,11-14,16,18-19H2,1H3;2*1H. The van der Waals surface area contributed by atoms with Gasteiger partial charge in [-0.1, -0.05) is 54.6 Å². The van der Waals surface area contributed by atoms with Gasteiger partial charge in [-0.25, -0.2) is 0 Å². The normalized spacial score (nSPS) is 14.5. The van der Waals surface area contributed by atoms with Crippen LogP contribution in [0.4, 0.5) is 0 Å². The van der Waals surface area contributed by atoms with E-state index in [9.17, 15) is 4.79 Å². The minimum atomic E-state index is 0. The number of carbonyl (C=O) groups is 1. The number of benzene rings is 3. The SMILES string of the molecule is COc1ccc2cc(CC(=O)CN3CCN(Cc4ccccc4)CC3)ccc2c1.Cl.Cl. The second-order valence-electron chi connectivity index (χ2n) is 7.80. The molecule has 0 aromatic heterocycles. The summed E-state index contributed by atoms with van der Waals surface area (Å²) >= 11 is 0. The molecule has 0 radical (unpaired) electrons. The first-order chi connectivity index (χ1) is 14.2. The van der Waals surface area contributed by atoms with Gasteiger partial charge in [0.25, 0.3) is 0 Å². The number of hydrogen-bond acceptors (Lipinski definition) is 4. The molecular formula is C25H30Cl2N2O2. The van der Waals surface area contributed by atoms with Crippen LogP contribution in [0.15, 0.2) is 66.7 Å². The Morgan fingerprint density at radius 2 is 1.45 bits per heavy atom. The first-order valence-corrected chi connectivity index (χ1v) is 10.3. The topological polar surface area (TPSA) is 32.8 Å². The summed E-state index contributed by atoms with van der Waals surface area (Å²) in [4.78, 5) is 17.4. The third-order valence-electron chi connectivity index (χ3n) is 5.63. The summed E-state index contributed by atoms with van der Waals surface area (Å²) < 4.78 is 5.28. The summed E-state index contributed by atoms with van der Waals surface area (Å²) in [5, 5.41) is 2.28. The molecule has 0 amide bonds. The van der Waals surface area contributed by atoms with Crippen molar-refractivity contribution in [3.05, 3.63) is 77.9 Å². The third-order valence-corrected chi connectivity index (χ3v) is 5.63. The van der Waals surface area contributed by atoms with Crippen LogP contribution in [0.1, 0.15) is 11.1 Å². The number of fused-ring (bicyclic) bond motifs is 1. The fourth-order valence-corrected chi connectivity index (χ4v) is 3.99. The maximum absolute atomic E-state index is 12.6. The van der Waals surface area contributed by atoms with E-state index >= 15 is 0 Å². The first kappa shape index (κ1) is 25.2. The van der Waals surface area contributed by atoms with Crippen molar-refractivity contribution in [3.63, 3.8) is 0 Å². The Kier molecular flexibility index (Phi) is 9.79. The lowest BCUT2D eigenvalue weighted by Gasteiger charge is -2.34. The Labute approximate surface area is 197 Å². The Bertz CT molecular complexity index is 974. The number of ketones is 1. The lowest BCUT2D eigenvalue weighted by Crippen LogP contribution is -2.47. The van der Waals surface area contributed by atoms with Crippen molar-refractivity contribution in [2.75, 3.05) is 39.8 Å². The van der Waals surface area contributed by atoms with Crippen LogP contribution >= 0.6 is 24.8 Å². The molecule has 4 rings (SSSR count). The van der Waals surface area contributed by atoms with Crippen LogP contribution in [0, 0.1) is 0 Å². The predicted octanol–water partition coefficient (Wildman–Crippen LogP) is 4.62. The van der Waals surface area contributed by atoms with E-state index in [2.05, 4.69) is 58.3 Å². The van der Waals surface area contributed by atoms with E-state index in [0.717, 1.165) is 54.8 Å². The zero-order chi connectivity index (χ0) is 20.1. The maximum Gasteiger partial charge on any atom is 0.151 e. The van der Waals surface area contributed by atoms with Crippen LogP contribution in [-0.4, -0.2) is 55.4 Å². The Hall–Kier alpha value is -2.11. The maximum atomic E-state index is 12.6. The molecule has 1 fully saturated rings. The van der Waals surface area contributed by atoms with Gasteiger partial charge in [-0.15, -0.1) is 24.8 Å². The fourth-order valence-electron chi connectivity index (χ4n) is 3.99. The molecule has 0 unspecified atom stereocenters. The number of piperazine rings is 1. The van der Waals surface area contributed by atoms with E-state index in [4.69, 9.17) is 4.74 Å². The summed E-state index contributed by atoms with van der Waals surface area (Å²) in [6, 6.07) is 22.9. The van der Waals surface area contributed by atoms with Gasteiger partial charge in [-0.3, -0.25) is 14.6 Å². The van der Waals surface area contributed by atoms with Gasteiger partial charge in [-0.05, 0) is 34.0 Å². The highest BCUT2D eigenvalue weighted by Crippen LogP contribution is 2.22. The van der Waals surface area contributed by atoms with Gasteiger partial charge < -0.3 is 4.74 Å². The summed E-state index contributed by atoms with van der Waals surface area (Å²) in [6.45, 7) is 5.47. The lowest BCUT2D eigenvalue weighted by molar-refractivity contribution is -0.120. The number of nitrogens with zero attached hydrogens (tertiary/aromatic N) is 2. The molecule has 6 heteroatoms. The molecule has 0 saturated carbocycles. The van der Waals surface area contributed by atoms with Gasteiger partial charge in [-0.2, -0.15) is 0 Å². The molecule has 31 heavy (non-hydrogen) atoms. The molecule has 0 N–H and O–H groups in total. The highest BCUT2D eigenvalue weighted by molar-refractivity contribution is 5.87. The smallest absolute Gasteiger partial charge is 0.151 e. The molecular weight excluding hydrogens is 431 g/mol. The van der Waals surface area contributed by atoms with Crippen molar-refractivity contribution in [2.24, 2.45) is 0 Å². The monoisotopic (exact) mass is 460 g/mol. The van der Waals surface area contributed by atoms with Gasteiger partial charge in [0, 0.05) is 39.1 Å². The van der Waals surface area contributed by atoms with Crippen LogP contribution in [-0.2, 0) is 17.8 Å². The molecule has 0 aliphatic carbocycles. The van der Waals surface area contributed by atoms with Crippen molar-refractivity contribution in [1.29, 1.82) is 0 Å². The molecule has 1 heterocycles. The van der Waals surface area contributed by atoms with Crippen LogP contribution in [0.2, 0.25) is 0 Å². The van der Waals surface area contributed by atoms with Crippen molar-refractivity contribution in [1.82, 2.24) is 9.80 Å². The van der Waals surface area contributed by atoms with Gasteiger partial charge in [0.05, 0.1) is 13.7 Å². The Morgan fingerprint density at radius 1 is 0.806 bits per heavy atom.